The molecule has 10 nitrogen and oxygen atoms in total. The van der Waals surface area contributed by atoms with Crippen LogP contribution in [0.15, 0.2) is 24.3 Å². The molecule has 180 valence electrons. The van der Waals surface area contributed by atoms with Gasteiger partial charge in [0.2, 0.25) is 0 Å². The van der Waals surface area contributed by atoms with Gasteiger partial charge >= 0.3 is 0 Å². The number of ether oxygens (including phenoxy) is 4. The van der Waals surface area contributed by atoms with E-state index in [-0.39, 0.29) is 13.2 Å². The fourth-order valence-electron chi connectivity index (χ4n) is 3.40. The van der Waals surface area contributed by atoms with Gasteiger partial charge in [-0.1, -0.05) is 17.7 Å². The minimum absolute atomic E-state index is 0.333. The van der Waals surface area contributed by atoms with Crippen LogP contribution >= 0.6 is 0 Å². The minimum atomic E-state index is -1.85. The van der Waals surface area contributed by atoms with Crippen molar-refractivity contribution in [3.05, 3.63) is 24.3 Å². The Bertz CT molecular complexity index is 623. The first-order valence-corrected chi connectivity index (χ1v) is 10.4. The van der Waals surface area contributed by atoms with Crippen molar-refractivity contribution in [2.45, 2.75) is 87.9 Å². The van der Waals surface area contributed by atoms with Crippen molar-refractivity contribution < 1.29 is 49.6 Å². The number of aliphatic hydroxyl groups is 6. The van der Waals surface area contributed by atoms with E-state index in [9.17, 15) is 30.6 Å². The summed E-state index contributed by atoms with van der Waals surface area (Å²) in [5.41, 5.74) is -1.57. The Morgan fingerprint density at radius 1 is 1.16 bits per heavy atom. The predicted octanol–water partition coefficient (Wildman–Crippen LogP) is -1.04. The highest BCUT2D eigenvalue weighted by molar-refractivity contribution is 5.01. The van der Waals surface area contributed by atoms with E-state index in [0.717, 1.165) is 5.57 Å². The first kappa shape index (κ1) is 26.3. The second kappa shape index (κ2) is 10.8. The van der Waals surface area contributed by atoms with Gasteiger partial charge in [0.15, 0.2) is 12.6 Å². The maximum absolute atomic E-state index is 10.3. The van der Waals surface area contributed by atoms with Crippen molar-refractivity contribution in [1.82, 2.24) is 0 Å². The fraction of sp³-hybridized carbons (Fsp3) is 0.810. The number of rotatable bonds is 10. The van der Waals surface area contributed by atoms with Gasteiger partial charge in [0.1, 0.15) is 36.1 Å². The highest BCUT2D eigenvalue weighted by Crippen LogP contribution is 2.30. The Hall–Kier alpha value is -0.920. The van der Waals surface area contributed by atoms with Crippen LogP contribution in [-0.4, -0.2) is 105 Å². The standard InChI is InChI=1S/C21H36O10/c1-5-20(4,8-6-7-12(2)3)31-18-16(25)15(24)14(23)13(30-18)9-28-19-17(26)21(27,10-22)11-29-19/h5,7,13-19,22-27H,1,6,8-11H2,2-4H3. The van der Waals surface area contributed by atoms with Crippen molar-refractivity contribution in [2.24, 2.45) is 0 Å². The van der Waals surface area contributed by atoms with Gasteiger partial charge in [-0.15, -0.1) is 6.58 Å². The van der Waals surface area contributed by atoms with Crippen LogP contribution in [-0.2, 0) is 18.9 Å². The predicted molar refractivity (Wildman–Crippen MR) is 109 cm³/mol. The van der Waals surface area contributed by atoms with Crippen LogP contribution in [0, 0.1) is 0 Å². The Morgan fingerprint density at radius 2 is 1.84 bits per heavy atom. The lowest BCUT2D eigenvalue weighted by Gasteiger charge is -2.43. The van der Waals surface area contributed by atoms with E-state index in [2.05, 4.69) is 6.58 Å². The molecule has 0 saturated carbocycles. The minimum Gasteiger partial charge on any atom is -0.393 e. The number of hydrogen-bond donors (Lipinski definition) is 6. The summed E-state index contributed by atoms with van der Waals surface area (Å²) in [5, 5.41) is 60.2. The summed E-state index contributed by atoms with van der Waals surface area (Å²) in [4.78, 5) is 0. The Labute approximate surface area is 182 Å². The van der Waals surface area contributed by atoms with Gasteiger partial charge in [0.25, 0.3) is 0 Å². The van der Waals surface area contributed by atoms with Gasteiger partial charge in [-0.3, -0.25) is 0 Å². The maximum atomic E-state index is 10.3. The maximum Gasteiger partial charge on any atom is 0.187 e. The molecule has 9 unspecified atom stereocenters. The van der Waals surface area contributed by atoms with Gasteiger partial charge in [0.05, 0.1) is 25.4 Å². The van der Waals surface area contributed by atoms with Crippen molar-refractivity contribution in [3.8, 4) is 0 Å². The molecule has 6 N–H and O–H groups in total. The molecular weight excluding hydrogens is 412 g/mol. The molecule has 0 spiro atoms. The van der Waals surface area contributed by atoms with E-state index < -0.39 is 60.9 Å². The monoisotopic (exact) mass is 448 g/mol. The molecular formula is C21H36O10. The van der Waals surface area contributed by atoms with E-state index in [0.29, 0.717) is 12.8 Å². The third-order valence-electron chi connectivity index (χ3n) is 5.68. The fourth-order valence-corrected chi connectivity index (χ4v) is 3.40. The largest absolute Gasteiger partial charge is 0.393 e. The highest BCUT2D eigenvalue weighted by Gasteiger charge is 2.50. The summed E-state index contributed by atoms with van der Waals surface area (Å²) in [7, 11) is 0. The first-order valence-electron chi connectivity index (χ1n) is 10.4. The lowest BCUT2D eigenvalue weighted by Crippen LogP contribution is -2.61. The Kier molecular flexibility index (Phi) is 9.17. The average molecular weight is 449 g/mol. The number of aliphatic hydroxyl groups excluding tert-OH is 5. The third-order valence-corrected chi connectivity index (χ3v) is 5.68. The van der Waals surface area contributed by atoms with E-state index in [1.54, 1.807) is 13.0 Å². The van der Waals surface area contributed by atoms with Crippen LogP contribution in [0.1, 0.15) is 33.6 Å². The van der Waals surface area contributed by atoms with Crippen LogP contribution in [0.3, 0.4) is 0 Å². The normalized spacial score (nSPS) is 40.4. The van der Waals surface area contributed by atoms with Crippen LogP contribution in [0.5, 0.6) is 0 Å². The molecule has 0 aromatic rings. The lowest BCUT2D eigenvalue weighted by atomic mass is 9.96. The summed E-state index contributed by atoms with van der Waals surface area (Å²) in [5.74, 6) is 0. The second-order valence-corrected chi connectivity index (χ2v) is 8.69. The summed E-state index contributed by atoms with van der Waals surface area (Å²) in [6, 6.07) is 0. The highest BCUT2D eigenvalue weighted by atomic mass is 16.7. The molecule has 2 aliphatic heterocycles. The van der Waals surface area contributed by atoms with Gasteiger partial charge in [-0.2, -0.15) is 0 Å². The molecule has 10 heteroatoms. The molecule has 0 radical (unpaired) electrons. The molecule has 0 bridgehead atoms. The molecule has 9 atom stereocenters. The topological polar surface area (TPSA) is 158 Å². The van der Waals surface area contributed by atoms with Crippen LogP contribution < -0.4 is 0 Å². The quantitative estimate of drug-likeness (QED) is 0.228. The molecule has 31 heavy (non-hydrogen) atoms. The smallest absolute Gasteiger partial charge is 0.187 e. The van der Waals surface area contributed by atoms with E-state index in [4.69, 9.17) is 18.9 Å². The SMILES string of the molecule is C=CC(C)(CCC=C(C)C)OC1OC(COC2OCC(O)(CO)C2O)C(O)C(O)C1O. The van der Waals surface area contributed by atoms with E-state index >= 15 is 0 Å². The molecule has 0 aromatic heterocycles. The van der Waals surface area contributed by atoms with Gasteiger partial charge in [0, 0.05) is 0 Å². The summed E-state index contributed by atoms with van der Waals surface area (Å²) in [6.07, 6.45) is -4.86. The zero-order valence-electron chi connectivity index (χ0n) is 18.3. The van der Waals surface area contributed by atoms with Crippen LogP contribution in [0.4, 0.5) is 0 Å². The Morgan fingerprint density at radius 3 is 2.39 bits per heavy atom. The lowest BCUT2D eigenvalue weighted by molar-refractivity contribution is -0.326. The van der Waals surface area contributed by atoms with Crippen LogP contribution in [0.2, 0.25) is 0 Å². The Balaban J connectivity index is 2.01. The average Bonchev–Trinajstić information content (AvgIpc) is 3.02. The van der Waals surface area contributed by atoms with Crippen LogP contribution in [0.25, 0.3) is 0 Å². The molecule has 2 saturated heterocycles. The third kappa shape index (κ3) is 6.32. The molecule has 2 aliphatic rings. The summed E-state index contributed by atoms with van der Waals surface area (Å²) < 4.78 is 22.1. The molecule has 2 fully saturated rings. The van der Waals surface area contributed by atoms with E-state index in [1.165, 1.54) is 0 Å². The van der Waals surface area contributed by atoms with Crippen molar-refractivity contribution in [2.75, 3.05) is 19.8 Å². The molecule has 0 aliphatic carbocycles. The van der Waals surface area contributed by atoms with Gasteiger partial charge in [-0.25, -0.2) is 0 Å². The zero-order chi connectivity index (χ0) is 23.4. The van der Waals surface area contributed by atoms with Gasteiger partial charge in [-0.05, 0) is 33.6 Å². The number of hydrogen-bond acceptors (Lipinski definition) is 10. The van der Waals surface area contributed by atoms with Crippen molar-refractivity contribution >= 4 is 0 Å². The molecule has 2 heterocycles. The second-order valence-electron chi connectivity index (χ2n) is 8.69. The number of allylic oxidation sites excluding steroid dienone is 2. The zero-order valence-corrected chi connectivity index (χ0v) is 18.3. The molecule has 0 amide bonds. The molecule has 2 rings (SSSR count). The van der Waals surface area contributed by atoms with Crippen molar-refractivity contribution in [3.63, 3.8) is 0 Å². The first-order chi connectivity index (χ1) is 14.5. The van der Waals surface area contributed by atoms with E-state index in [1.807, 2.05) is 19.9 Å². The summed E-state index contributed by atoms with van der Waals surface area (Å²) in [6.45, 7) is 8.13. The molecule has 0 aromatic carbocycles. The van der Waals surface area contributed by atoms with Crippen molar-refractivity contribution in [1.29, 1.82) is 0 Å². The van der Waals surface area contributed by atoms with Gasteiger partial charge < -0.3 is 49.6 Å². The summed E-state index contributed by atoms with van der Waals surface area (Å²) >= 11 is 0.